The van der Waals surface area contributed by atoms with Gasteiger partial charge in [0.15, 0.2) is 0 Å². The van der Waals surface area contributed by atoms with Crippen molar-refractivity contribution in [3.63, 3.8) is 0 Å². The fraction of sp³-hybridized carbons (Fsp3) is 0.429. The highest BCUT2D eigenvalue weighted by Gasteiger charge is 2.19. The molecular formula is C21H26ClN3O. The maximum absolute atomic E-state index is 12.1. The zero-order valence-corrected chi connectivity index (χ0v) is 15.8. The number of nitrogens with one attached hydrogen (secondary N) is 1. The Morgan fingerprint density at radius 2 is 1.92 bits per heavy atom. The second-order valence-corrected chi connectivity index (χ2v) is 7.46. The molecule has 1 aromatic heterocycles. The van der Waals surface area contributed by atoms with Gasteiger partial charge in [-0.2, -0.15) is 0 Å². The molecular weight excluding hydrogens is 346 g/mol. The molecule has 1 aliphatic rings. The lowest BCUT2D eigenvalue weighted by molar-refractivity contribution is -0.121. The summed E-state index contributed by atoms with van der Waals surface area (Å²) in [7, 11) is 0. The highest BCUT2D eigenvalue weighted by Crippen LogP contribution is 2.23. The smallest absolute Gasteiger partial charge is 0.220 e. The van der Waals surface area contributed by atoms with Gasteiger partial charge >= 0.3 is 0 Å². The molecule has 1 amide bonds. The number of pyridine rings is 1. The van der Waals surface area contributed by atoms with Crippen LogP contribution in [0.1, 0.15) is 36.8 Å². The second-order valence-electron chi connectivity index (χ2n) is 7.02. The van der Waals surface area contributed by atoms with E-state index >= 15 is 0 Å². The van der Waals surface area contributed by atoms with Crippen molar-refractivity contribution in [2.24, 2.45) is 5.92 Å². The molecule has 0 aliphatic carbocycles. The van der Waals surface area contributed by atoms with Crippen LogP contribution in [0.25, 0.3) is 0 Å². The highest BCUT2D eigenvalue weighted by atomic mass is 35.5. The largest absolute Gasteiger partial charge is 0.352 e. The summed E-state index contributed by atoms with van der Waals surface area (Å²) in [6, 6.07) is 11.8. The number of likely N-dealkylation sites (tertiary alicyclic amines) is 1. The van der Waals surface area contributed by atoms with Gasteiger partial charge in [0.1, 0.15) is 0 Å². The molecule has 0 saturated carbocycles. The first-order chi connectivity index (χ1) is 12.7. The van der Waals surface area contributed by atoms with E-state index in [0.717, 1.165) is 31.6 Å². The Labute approximate surface area is 160 Å². The summed E-state index contributed by atoms with van der Waals surface area (Å²) in [6.45, 7) is 3.76. The van der Waals surface area contributed by atoms with Crippen molar-refractivity contribution in [1.82, 2.24) is 15.2 Å². The predicted octanol–water partition coefficient (Wildman–Crippen LogP) is 4.04. The van der Waals surface area contributed by atoms with E-state index in [-0.39, 0.29) is 5.91 Å². The lowest BCUT2D eigenvalue weighted by Gasteiger charge is -2.31. The number of rotatable bonds is 7. The second kappa shape index (κ2) is 9.70. The molecule has 0 spiro atoms. The number of benzene rings is 1. The van der Waals surface area contributed by atoms with Crippen molar-refractivity contribution < 1.29 is 4.79 Å². The number of aromatic nitrogens is 1. The molecule has 1 fully saturated rings. The van der Waals surface area contributed by atoms with Crippen LogP contribution in [0.15, 0.2) is 48.8 Å². The van der Waals surface area contributed by atoms with Crippen molar-refractivity contribution in [3.05, 3.63) is 64.9 Å². The first-order valence-corrected chi connectivity index (χ1v) is 9.69. The molecule has 2 aromatic rings. The molecule has 2 heterocycles. The average molecular weight is 372 g/mol. The van der Waals surface area contributed by atoms with Gasteiger partial charge in [-0.3, -0.25) is 14.7 Å². The van der Waals surface area contributed by atoms with E-state index < -0.39 is 0 Å². The summed E-state index contributed by atoms with van der Waals surface area (Å²) in [4.78, 5) is 18.6. The Balaban J connectivity index is 1.32. The summed E-state index contributed by atoms with van der Waals surface area (Å²) in [6.07, 6.45) is 7.63. The summed E-state index contributed by atoms with van der Waals surface area (Å²) < 4.78 is 0. The van der Waals surface area contributed by atoms with E-state index in [1.165, 1.54) is 18.4 Å². The predicted molar refractivity (Wildman–Crippen MR) is 105 cm³/mol. The molecule has 1 aliphatic heterocycles. The van der Waals surface area contributed by atoms with Crippen LogP contribution in [0, 0.1) is 5.92 Å². The molecule has 0 unspecified atom stereocenters. The van der Waals surface area contributed by atoms with E-state index in [0.29, 0.717) is 23.9 Å². The average Bonchev–Trinajstić information content (AvgIpc) is 2.67. The molecule has 1 aromatic carbocycles. The van der Waals surface area contributed by atoms with Crippen molar-refractivity contribution >= 4 is 17.5 Å². The molecule has 1 N–H and O–H groups in total. The zero-order chi connectivity index (χ0) is 18.2. The Hall–Kier alpha value is -1.91. The fourth-order valence-electron chi connectivity index (χ4n) is 3.45. The quantitative estimate of drug-likeness (QED) is 0.798. The number of carbonyl (C=O) groups excluding carboxylic acids is 1. The third kappa shape index (κ3) is 6.11. The van der Waals surface area contributed by atoms with E-state index in [1.54, 1.807) is 0 Å². The Morgan fingerprint density at radius 3 is 2.65 bits per heavy atom. The number of hydrogen-bond acceptors (Lipinski definition) is 3. The number of nitrogens with zero attached hydrogens (tertiary/aromatic N) is 2. The Bertz CT molecular complexity index is 699. The molecule has 138 valence electrons. The van der Waals surface area contributed by atoms with Crippen LogP contribution in [0.3, 0.4) is 0 Å². The van der Waals surface area contributed by atoms with Gasteiger partial charge in [-0.15, -0.1) is 0 Å². The maximum Gasteiger partial charge on any atom is 0.220 e. The van der Waals surface area contributed by atoms with Gasteiger partial charge in [-0.25, -0.2) is 0 Å². The van der Waals surface area contributed by atoms with Crippen molar-refractivity contribution in [3.8, 4) is 0 Å². The minimum atomic E-state index is 0.129. The van der Waals surface area contributed by atoms with Gasteiger partial charge in [-0.1, -0.05) is 23.7 Å². The van der Waals surface area contributed by atoms with Crippen LogP contribution in [-0.2, 0) is 17.9 Å². The van der Waals surface area contributed by atoms with Gasteiger partial charge < -0.3 is 5.32 Å². The fourth-order valence-corrected chi connectivity index (χ4v) is 3.66. The molecule has 3 rings (SSSR count). The summed E-state index contributed by atoms with van der Waals surface area (Å²) in [5.41, 5.74) is 2.36. The minimum Gasteiger partial charge on any atom is -0.352 e. The van der Waals surface area contributed by atoms with Crippen LogP contribution >= 0.6 is 11.6 Å². The van der Waals surface area contributed by atoms with E-state index in [4.69, 9.17) is 11.6 Å². The van der Waals surface area contributed by atoms with Crippen LogP contribution in [0.5, 0.6) is 0 Å². The van der Waals surface area contributed by atoms with Gasteiger partial charge in [0, 0.05) is 36.9 Å². The molecule has 0 bridgehead atoms. The number of amides is 1. The third-order valence-corrected chi connectivity index (χ3v) is 5.26. The first-order valence-electron chi connectivity index (χ1n) is 9.31. The summed E-state index contributed by atoms with van der Waals surface area (Å²) in [5, 5.41) is 3.70. The zero-order valence-electron chi connectivity index (χ0n) is 15.0. The van der Waals surface area contributed by atoms with Gasteiger partial charge in [0.05, 0.1) is 0 Å². The first kappa shape index (κ1) is 18.9. The van der Waals surface area contributed by atoms with Crippen molar-refractivity contribution in [1.29, 1.82) is 0 Å². The Morgan fingerprint density at radius 1 is 1.15 bits per heavy atom. The van der Waals surface area contributed by atoms with Crippen molar-refractivity contribution in [2.75, 3.05) is 13.1 Å². The van der Waals surface area contributed by atoms with E-state index in [2.05, 4.69) is 27.3 Å². The lowest BCUT2D eigenvalue weighted by atomic mass is 9.92. The van der Waals surface area contributed by atoms with E-state index in [9.17, 15) is 4.79 Å². The SMILES string of the molecule is O=C(CCC1CCN(Cc2ccncc2)CC1)NCc1cccc(Cl)c1. The number of hydrogen-bond donors (Lipinski definition) is 1. The van der Waals surface area contributed by atoms with Crippen LogP contribution in [0.2, 0.25) is 5.02 Å². The van der Waals surface area contributed by atoms with Crippen LogP contribution in [-0.4, -0.2) is 28.9 Å². The molecule has 1 saturated heterocycles. The number of halogens is 1. The van der Waals surface area contributed by atoms with E-state index in [1.807, 2.05) is 36.7 Å². The normalized spacial score (nSPS) is 15.7. The Kier molecular flexibility index (Phi) is 7.04. The summed E-state index contributed by atoms with van der Waals surface area (Å²) >= 11 is 5.97. The number of carbonyl (C=O) groups is 1. The highest BCUT2D eigenvalue weighted by molar-refractivity contribution is 6.30. The minimum absolute atomic E-state index is 0.129. The molecule has 5 heteroatoms. The van der Waals surface area contributed by atoms with Crippen LogP contribution < -0.4 is 5.32 Å². The summed E-state index contributed by atoms with van der Waals surface area (Å²) in [5.74, 6) is 0.782. The van der Waals surface area contributed by atoms with Gasteiger partial charge in [0.2, 0.25) is 5.91 Å². The standard InChI is InChI=1S/C21H26ClN3O/c22-20-3-1-2-19(14-20)15-24-21(26)5-4-17-8-12-25(13-9-17)16-18-6-10-23-11-7-18/h1-3,6-7,10-11,14,17H,4-5,8-9,12-13,15-16H2,(H,24,26). The molecule has 26 heavy (non-hydrogen) atoms. The lowest BCUT2D eigenvalue weighted by Crippen LogP contribution is -2.33. The molecule has 4 nitrogen and oxygen atoms in total. The molecule has 0 atom stereocenters. The van der Waals surface area contributed by atoms with Gasteiger partial charge in [0.25, 0.3) is 0 Å². The number of piperidine rings is 1. The third-order valence-electron chi connectivity index (χ3n) is 5.02. The maximum atomic E-state index is 12.1. The molecule has 0 radical (unpaired) electrons. The van der Waals surface area contributed by atoms with Crippen LogP contribution in [0.4, 0.5) is 0 Å². The topological polar surface area (TPSA) is 45.2 Å². The monoisotopic (exact) mass is 371 g/mol. The van der Waals surface area contributed by atoms with Crippen molar-refractivity contribution in [2.45, 2.75) is 38.8 Å². The van der Waals surface area contributed by atoms with Gasteiger partial charge in [-0.05, 0) is 73.7 Å².